The minimum Gasteiger partial charge on any atom is -0.480 e. The Morgan fingerprint density at radius 3 is 2.10 bits per heavy atom. The lowest BCUT2D eigenvalue weighted by Crippen LogP contribution is -2.59. The molecule has 0 aromatic rings. The van der Waals surface area contributed by atoms with Crippen LogP contribution in [0.3, 0.4) is 0 Å². The molecule has 1 amide bonds. The molecule has 276 valence electrons. The summed E-state index contributed by atoms with van der Waals surface area (Å²) in [6, 6.07) is 0. The molecule has 3 N–H and O–H groups in total. The van der Waals surface area contributed by atoms with Crippen molar-refractivity contribution in [2.75, 3.05) is 6.54 Å². The normalized spacial score (nSPS) is 34.8. The average Bonchev–Trinajstić information content (AvgIpc) is 3.42. The zero-order valence-electron chi connectivity index (χ0n) is 31.1. The van der Waals surface area contributed by atoms with E-state index in [1.165, 1.54) is 77.0 Å². The number of carboxylic acids is 1. The Labute approximate surface area is 292 Å². The van der Waals surface area contributed by atoms with Gasteiger partial charge in [-0.05, 0) is 111 Å². The Balaban J connectivity index is 1.18. The summed E-state index contributed by atoms with van der Waals surface area (Å²) in [6.07, 6.45) is 25.3. The van der Waals surface area contributed by atoms with Crippen molar-refractivity contribution in [3.8, 4) is 0 Å². The van der Waals surface area contributed by atoms with Gasteiger partial charge in [0.05, 0.1) is 6.10 Å². The fourth-order valence-electron chi connectivity index (χ4n) is 11.4. The molecule has 48 heavy (non-hydrogen) atoms. The Bertz CT molecular complexity index is 1030. The number of aliphatic hydroxyl groups excluding tert-OH is 1. The van der Waals surface area contributed by atoms with E-state index in [2.05, 4.69) is 33.0 Å². The summed E-state index contributed by atoms with van der Waals surface area (Å²) >= 11 is 0. The lowest BCUT2D eigenvalue weighted by Gasteiger charge is -2.62. The van der Waals surface area contributed by atoms with Gasteiger partial charge in [-0.15, -0.1) is 0 Å². The summed E-state index contributed by atoms with van der Waals surface area (Å²) in [5, 5.41) is 23.2. The van der Waals surface area contributed by atoms with Gasteiger partial charge in [-0.25, -0.2) is 0 Å². The van der Waals surface area contributed by atoms with Gasteiger partial charge in [0.2, 0.25) is 5.91 Å². The SMILES string of the molecule is CCCCCCCCCCCCCCC(=O)OC1CCC2(C)C(CCC3C2CC(O)C2(C)C(C(C)CCC(=O)NCC(=O)O)CCC32)C1. The average molecular weight is 674 g/mol. The van der Waals surface area contributed by atoms with Crippen LogP contribution in [0, 0.1) is 46.3 Å². The molecule has 4 rings (SSSR count). The molecule has 4 fully saturated rings. The number of carboxylic acid groups (broad SMARTS) is 1. The Hall–Kier alpha value is -1.63. The fraction of sp³-hybridized carbons (Fsp3) is 0.927. The van der Waals surface area contributed by atoms with Crippen molar-refractivity contribution in [1.82, 2.24) is 5.32 Å². The standard InChI is InChI=1S/C41H71NO6/c1-5-6-7-8-9-10-11-12-13-14-15-16-17-39(47)48-31-24-25-40(3)30(26-31)19-20-32-34-22-21-33(41(34,4)36(43)27-35(32)40)29(2)18-23-37(44)42-28-38(45)46/h29-36,43H,5-28H2,1-4H3,(H,42,44)(H,45,46). The van der Waals surface area contributed by atoms with Gasteiger partial charge in [-0.1, -0.05) is 98.3 Å². The van der Waals surface area contributed by atoms with Crippen molar-refractivity contribution in [3.63, 3.8) is 0 Å². The zero-order valence-corrected chi connectivity index (χ0v) is 31.1. The molecule has 0 aromatic heterocycles. The highest BCUT2D eigenvalue weighted by atomic mass is 16.5. The van der Waals surface area contributed by atoms with Gasteiger partial charge in [-0.3, -0.25) is 14.4 Å². The van der Waals surface area contributed by atoms with E-state index >= 15 is 0 Å². The largest absolute Gasteiger partial charge is 0.480 e. The molecule has 0 spiro atoms. The molecule has 4 saturated carbocycles. The van der Waals surface area contributed by atoms with Crippen LogP contribution in [0.4, 0.5) is 0 Å². The molecule has 0 aromatic carbocycles. The summed E-state index contributed by atoms with van der Waals surface area (Å²) in [4.78, 5) is 35.8. The second-order valence-corrected chi connectivity index (χ2v) is 17.2. The van der Waals surface area contributed by atoms with E-state index in [-0.39, 0.29) is 41.5 Å². The third-order valence-electron chi connectivity index (χ3n) is 14.3. The second kappa shape index (κ2) is 18.6. The lowest BCUT2D eigenvalue weighted by atomic mass is 9.43. The monoisotopic (exact) mass is 674 g/mol. The van der Waals surface area contributed by atoms with Crippen molar-refractivity contribution in [2.24, 2.45) is 46.3 Å². The third kappa shape index (κ3) is 9.78. The molecule has 4 aliphatic carbocycles. The fourth-order valence-corrected chi connectivity index (χ4v) is 11.4. The van der Waals surface area contributed by atoms with Gasteiger partial charge in [-0.2, -0.15) is 0 Å². The molecule has 0 aliphatic heterocycles. The number of fused-ring (bicyclic) bond motifs is 5. The summed E-state index contributed by atoms with van der Waals surface area (Å²) in [6.45, 7) is 8.98. The first-order valence-electron chi connectivity index (χ1n) is 20.4. The van der Waals surface area contributed by atoms with Crippen LogP contribution in [0.1, 0.15) is 175 Å². The van der Waals surface area contributed by atoms with Crippen LogP contribution >= 0.6 is 0 Å². The minimum absolute atomic E-state index is 0.00120. The molecule has 4 aliphatic rings. The van der Waals surface area contributed by atoms with Crippen LogP contribution in [0.15, 0.2) is 0 Å². The number of rotatable bonds is 20. The number of carbonyl (C=O) groups excluding carboxylic acids is 2. The van der Waals surface area contributed by atoms with Crippen LogP contribution in [-0.2, 0) is 19.1 Å². The number of hydrogen-bond acceptors (Lipinski definition) is 5. The molecule has 10 unspecified atom stereocenters. The van der Waals surface area contributed by atoms with Crippen LogP contribution in [0.25, 0.3) is 0 Å². The third-order valence-corrected chi connectivity index (χ3v) is 14.3. The van der Waals surface area contributed by atoms with Crippen LogP contribution in [0.5, 0.6) is 0 Å². The molecule has 0 heterocycles. The number of amides is 1. The summed E-state index contributed by atoms with van der Waals surface area (Å²) < 4.78 is 6.09. The predicted molar refractivity (Wildman–Crippen MR) is 191 cm³/mol. The Kier molecular flexibility index (Phi) is 15.1. The summed E-state index contributed by atoms with van der Waals surface area (Å²) in [7, 11) is 0. The van der Waals surface area contributed by atoms with E-state index in [0.717, 1.165) is 57.8 Å². The van der Waals surface area contributed by atoms with E-state index < -0.39 is 5.97 Å². The second-order valence-electron chi connectivity index (χ2n) is 17.2. The number of hydrogen-bond donors (Lipinski definition) is 3. The van der Waals surface area contributed by atoms with Gasteiger partial charge in [0, 0.05) is 12.8 Å². The van der Waals surface area contributed by atoms with Gasteiger partial charge in [0.15, 0.2) is 0 Å². The number of carbonyl (C=O) groups is 3. The van der Waals surface area contributed by atoms with Gasteiger partial charge >= 0.3 is 11.9 Å². The Morgan fingerprint density at radius 2 is 1.46 bits per heavy atom. The van der Waals surface area contributed by atoms with Crippen molar-refractivity contribution in [1.29, 1.82) is 0 Å². The Morgan fingerprint density at radius 1 is 0.812 bits per heavy atom. The quantitative estimate of drug-likeness (QED) is 0.0877. The van der Waals surface area contributed by atoms with Gasteiger partial charge in [0.1, 0.15) is 12.6 Å². The van der Waals surface area contributed by atoms with E-state index in [0.29, 0.717) is 48.3 Å². The maximum Gasteiger partial charge on any atom is 0.322 e. The maximum absolute atomic E-state index is 12.8. The first kappa shape index (κ1) is 39.2. The van der Waals surface area contributed by atoms with Crippen molar-refractivity contribution >= 4 is 17.8 Å². The molecule has 7 heteroatoms. The number of aliphatic hydroxyl groups is 1. The predicted octanol–water partition coefficient (Wildman–Crippen LogP) is 9.24. The molecular weight excluding hydrogens is 602 g/mol. The van der Waals surface area contributed by atoms with Gasteiger partial charge in [0.25, 0.3) is 0 Å². The number of nitrogens with one attached hydrogen (secondary N) is 1. The highest BCUT2D eigenvalue weighted by molar-refractivity contribution is 5.81. The van der Waals surface area contributed by atoms with Crippen LogP contribution < -0.4 is 5.32 Å². The summed E-state index contributed by atoms with van der Waals surface area (Å²) in [5.74, 6) is 1.63. The molecule has 0 radical (unpaired) electrons. The highest BCUT2D eigenvalue weighted by Gasteiger charge is 2.63. The topological polar surface area (TPSA) is 113 Å². The smallest absolute Gasteiger partial charge is 0.322 e. The zero-order chi connectivity index (χ0) is 34.7. The molecule has 0 bridgehead atoms. The van der Waals surface area contributed by atoms with E-state index in [1.807, 2.05) is 0 Å². The minimum atomic E-state index is -1.02. The van der Waals surface area contributed by atoms with Crippen molar-refractivity contribution in [2.45, 2.75) is 188 Å². The van der Waals surface area contributed by atoms with E-state index in [1.54, 1.807) is 0 Å². The first-order valence-corrected chi connectivity index (χ1v) is 20.4. The summed E-state index contributed by atoms with van der Waals surface area (Å²) in [5.41, 5.74) is 0.0531. The van der Waals surface area contributed by atoms with E-state index in [9.17, 15) is 19.5 Å². The van der Waals surface area contributed by atoms with Gasteiger partial charge < -0.3 is 20.3 Å². The number of ether oxygens (including phenoxy) is 1. The van der Waals surface area contributed by atoms with Crippen LogP contribution in [-0.4, -0.2) is 46.8 Å². The van der Waals surface area contributed by atoms with Crippen LogP contribution in [0.2, 0.25) is 0 Å². The van der Waals surface area contributed by atoms with Crippen molar-refractivity contribution < 1.29 is 29.3 Å². The maximum atomic E-state index is 12.8. The molecule has 7 nitrogen and oxygen atoms in total. The molecule has 0 saturated heterocycles. The number of unbranched alkanes of at least 4 members (excludes halogenated alkanes) is 11. The van der Waals surface area contributed by atoms with E-state index in [4.69, 9.17) is 9.84 Å². The number of aliphatic carboxylic acids is 1. The molecule has 10 atom stereocenters. The first-order chi connectivity index (χ1) is 23.0. The molecular formula is C41H71NO6. The number of esters is 1. The van der Waals surface area contributed by atoms with Crippen molar-refractivity contribution in [3.05, 3.63) is 0 Å². The lowest BCUT2D eigenvalue weighted by molar-refractivity contribution is -0.181. The highest BCUT2D eigenvalue weighted by Crippen LogP contribution is 2.68.